The summed E-state index contributed by atoms with van der Waals surface area (Å²) in [5.41, 5.74) is 1.22. The minimum atomic E-state index is -3.96. The minimum absolute atomic E-state index is 0.0106. The zero-order valence-corrected chi connectivity index (χ0v) is 30.0. The molecule has 0 saturated heterocycles. The van der Waals surface area contributed by atoms with Crippen molar-refractivity contribution in [1.29, 1.82) is 0 Å². The van der Waals surface area contributed by atoms with Gasteiger partial charge in [-0.2, -0.15) is 4.31 Å². The van der Waals surface area contributed by atoms with Gasteiger partial charge in [-0.05, 0) is 70.4 Å². The molecule has 264 valence electrons. The molecule has 0 saturated carbocycles. The van der Waals surface area contributed by atoms with E-state index in [0.717, 1.165) is 12.0 Å². The summed E-state index contributed by atoms with van der Waals surface area (Å²) in [6.45, 7) is 7.48. The normalized spacial score (nSPS) is 20.9. The van der Waals surface area contributed by atoms with Crippen molar-refractivity contribution in [1.82, 2.24) is 18.8 Å². The Morgan fingerprint density at radius 2 is 1.81 bits per heavy atom. The van der Waals surface area contributed by atoms with Gasteiger partial charge in [0.15, 0.2) is 5.03 Å². The lowest BCUT2D eigenvalue weighted by molar-refractivity contribution is -0.00835. The lowest BCUT2D eigenvalue weighted by Gasteiger charge is -2.35. The molecular formula is C33H47N5O8S2. The van der Waals surface area contributed by atoms with E-state index in [2.05, 4.69) is 9.71 Å². The summed E-state index contributed by atoms with van der Waals surface area (Å²) in [6, 6.07) is 10.4. The molecule has 48 heavy (non-hydrogen) atoms. The lowest BCUT2D eigenvalue weighted by Crippen LogP contribution is -2.48. The number of aliphatic hydroxyl groups excluding tert-OH is 1. The maximum atomic E-state index is 14.4. The number of fused-ring (bicyclic) bond motifs is 1. The van der Waals surface area contributed by atoms with E-state index in [-0.39, 0.29) is 52.9 Å². The molecule has 1 aliphatic heterocycles. The van der Waals surface area contributed by atoms with Crippen molar-refractivity contribution in [3.05, 3.63) is 66.1 Å². The molecule has 2 N–H and O–H groups in total. The Bertz CT molecular complexity index is 1760. The molecule has 0 aliphatic carbocycles. The summed E-state index contributed by atoms with van der Waals surface area (Å²) < 4.78 is 70.9. The zero-order chi connectivity index (χ0) is 35.2. The number of hydrogen-bond donors (Lipinski definition) is 2. The Balaban J connectivity index is 1.68. The fraction of sp³-hybridized carbons (Fsp3) is 0.515. The highest BCUT2D eigenvalue weighted by atomic mass is 32.2. The van der Waals surface area contributed by atoms with Gasteiger partial charge in [0.25, 0.3) is 26.0 Å². The number of carbonyl (C=O) groups is 1. The van der Waals surface area contributed by atoms with Crippen molar-refractivity contribution < 1.29 is 36.2 Å². The number of likely N-dealkylation sites (N-methyl/N-ethyl adjacent to an activating group) is 1. The van der Waals surface area contributed by atoms with E-state index in [0.29, 0.717) is 25.2 Å². The number of hydrogen-bond acceptors (Lipinski definition) is 9. The number of anilines is 1. The number of sulfonamides is 2. The number of amides is 1. The van der Waals surface area contributed by atoms with Crippen molar-refractivity contribution in [2.45, 2.75) is 75.1 Å². The third kappa shape index (κ3) is 9.14. The van der Waals surface area contributed by atoms with Crippen molar-refractivity contribution in [3.8, 4) is 5.75 Å². The average Bonchev–Trinajstić information content (AvgIpc) is 3.49. The van der Waals surface area contributed by atoms with Crippen molar-refractivity contribution >= 4 is 31.6 Å². The van der Waals surface area contributed by atoms with Crippen molar-refractivity contribution in [2.75, 3.05) is 38.1 Å². The molecule has 13 nitrogen and oxygen atoms in total. The van der Waals surface area contributed by atoms with E-state index in [1.54, 1.807) is 42.8 Å². The van der Waals surface area contributed by atoms with Gasteiger partial charge in [-0.25, -0.2) is 21.8 Å². The van der Waals surface area contributed by atoms with E-state index < -0.39 is 38.1 Å². The molecule has 1 amide bonds. The summed E-state index contributed by atoms with van der Waals surface area (Å²) in [4.78, 5) is 19.9. The molecule has 2 heterocycles. The summed E-state index contributed by atoms with van der Waals surface area (Å²) in [7, 11) is -4.71. The molecule has 1 aliphatic rings. The van der Waals surface area contributed by atoms with Gasteiger partial charge < -0.3 is 24.0 Å². The van der Waals surface area contributed by atoms with E-state index in [1.807, 2.05) is 20.8 Å². The number of benzene rings is 2. The summed E-state index contributed by atoms with van der Waals surface area (Å²) >= 11 is 0. The molecule has 0 radical (unpaired) electrons. The lowest BCUT2D eigenvalue weighted by atomic mass is 10.0. The largest absolute Gasteiger partial charge is 0.490 e. The van der Waals surface area contributed by atoms with Gasteiger partial charge in [0.2, 0.25) is 0 Å². The minimum Gasteiger partial charge on any atom is -0.490 e. The number of aliphatic hydroxyl groups is 1. The summed E-state index contributed by atoms with van der Waals surface area (Å²) in [5, 5.41) is 10.1. The fourth-order valence-corrected chi connectivity index (χ4v) is 7.61. The van der Waals surface area contributed by atoms with E-state index in [1.165, 1.54) is 47.0 Å². The SMILES string of the molecule is Cc1ccc(S(=O)(=O)Nc2ccc3c(c2)C(=O)N([C@H](C)CO)C[C@H](C)[C@@H](CN(C)S(=O)(=O)c2cn(C)cn2)OCCCC[C@H](C)O3)cc1. The Morgan fingerprint density at radius 1 is 1.10 bits per heavy atom. The van der Waals surface area contributed by atoms with Crippen LogP contribution in [0.25, 0.3) is 0 Å². The first-order chi connectivity index (χ1) is 22.6. The van der Waals surface area contributed by atoms with E-state index in [4.69, 9.17) is 9.47 Å². The predicted molar refractivity (Wildman–Crippen MR) is 182 cm³/mol. The molecule has 4 rings (SSSR count). The number of carbonyl (C=O) groups excluding carboxylic acids is 1. The van der Waals surface area contributed by atoms with Crippen LogP contribution in [0.1, 0.15) is 56.0 Å². The maximum absolute atomic E-state index is 14.4. The molecule has 3 aromatic rings. The number of nitrogens with one attached hydrogen (secondary N) is 1. The van der Waals surface area contributed by atoms with Crippen LogP contribution >= 0.6 is 0 Å². The van der Waals surface area contributed by atoms with Crippen LogP contribution in [-0.4, -0.2) is 98.2 Å². The van der Waals surface area contributed by atoms with Crippen molar-refractivity contribution in [3.63, 3.8) is 0 Å². The van der Waals surface area contributed by atoms with Crippen LogP contribution in [-0.2, 0) is 31.8 Å². The highest BCUT2D eigenvalue weighted by molar-refractivity contribution is 7.92. The van der Waals surface area contributed by atoms with Gasteiger partial charge in [0.1, 0.15) is 5.75 Å². The van der Waals surface area contributed by atoms with E-state index in [9.17, 15) is 26.7 Å². The first-order valence-electron chi connectivity index (χ1n) is 16.0. The highest BCUT2D eigenvalue weighted by Crippen LogP contribution is 2.30. The number of rotatable bonds is 9. The molecular weight excluding hydrogens is 659 g/mol. The van der Waals surface area contributed by atoms with Gasteiger partial charge >= 0.3 is 0 Å². The molecule has 15 heteroatoms. The number of nitrogens with zero attached hydrogens (tertiary/aromatic N) is 4. The molecule has 1 aromatic heterocycles. The van der Waals surface area contributed by atoms with E-state index >= 15 is 0 Å². The first-order valence-corrected chi connectivity index (χ1v) is 18.9. The third-order valence-corrected chi connectivity index (χ3v) is 11.5. The number of aromatic nitrogens is 2. The van der Waals surface area contributed by atoms with Crippen molar-refractivity contribution in [2.24, 2.45) is 13.0 Å². The summed E-state index contributed by atoms with van der Waals surface area (Å²) in [5.74, 6) is -0.564. The van der Waals surface area contributed by atoms with Crippen LogP contribution < -0.4 is 9.46 Å². The molecule has 4 atom stereocenters. The van der Waals surface area contributed by atoms with Crippen LogP contribution in [0, 0.1) is 12.8 Å². The second kappa shape index (κ2) is 15.8. The molecule has 2 aromatic carbocycles. The first kappa shape index (κ1) is 37.3. The number of aryl methyl sites for hydroxylation is 2. The van der Waals surface area contributed by atoms with Crippen LogP contribution in [0.2, 0.25) is 0 Å². The smallest absolute Gasteiger partial charge is 0.261 e. The quantitative estimate of drug-likeness (QED) is 0.339. The standard InChI is InChI=1S/C33H47N5O8S2/c1-23-10-13-28(14-11-23)47(41,42)35-27-12-15-30-29(17-27)33(40)38(25(3)21-39)18-24(2)31(45-16-8-7-9-26(4)46-30)19-37(6)48(43,44)32-20-36(5)22-34-32/h10-15,17,20,22,24-26,31,35,39H,7-9,16,18-19,21H2,1-6H3/t24-,25+,26-,31+/m0/s1. The van der Waals surface area contributed by atoms with Crippen LogP contribution in [0.4, 0.5) is 5.69 Å². The fourth-order valence-electron chi connectivity index (χ4n) is 5.41. The number of imidazole rings is 1. The predicted octanol–water partition coefficient (Wildman–Crippen LogP) is 3.65. The second-order valence-electron chi connectivity index (χ2n) is 12.6. The maximum Gasteiger partial charge on any atom is 0.261 e. The Labute approximate surface area is 284 Å². The van der Waals surface area contributed by atoms with Gasteiger partial charge in [-0.1, -0.05) is 24.6 Å². The van der Waals surface area contributed by atoms with Gasteiger partial charge in [0, 0.05) is 51.6 Å². The zero-order valence-electron chi connectivity index (χ0n) is 28.4. The van der Waals surface area contributed by atoms with Crippen LogP contribution in [0.3, 0.4) is 0 Å². The Kier molecular flexibility index (Phi) is 12.3. The highest BCUT2D eigenvalue weighted by Gasteiger charge is 2.33. The summed E-state index contributed by atoms with van der Waals surface area (Å²) in [6.07, 6.45) is 4.10. The third-order valence-electron chi connectivity index (χ3n) is 8.43. The van der Waals surface area contributed by atoms with Gasteiger partial charge in [-0.15, -0.1) is 0 Å². The van der Waals surface area contributed by atoms with Gasteiger partial charge in [0.05, 0.1) is 41.6 Å². The second-order valence-corrected chi connectivity index (χ2v) is 16.3. The molecule has 0 unspecified atom stereocenters. The average molecular weight is 706 g/mol. The van der Waals surface area contributed by atoms with Crippen LogP contribution in [0.5, 0.6) is 5.75 Å². The Morgan fingerprint density at radius 3 is 2.46 bits per heavy atom. The molecule has 0 bridgehead atoms. The molecule has 0 spiro atoms. The number of ether oxygens (including phenoxy) is 2. The topological polar surface area (TPSA) is 160 Å². The molecule has 0 fully saturated rings. The monoisotopic (exact) mass is 705 g/mol. The van der Waals surface area contributed by atoms with Crippen LogP contribution in [0.15, 0.2) is 64.9 Å². The van der Waals surface area contributed by atoms with Gasteiger partial charge in [-0.3, -0.25) is 9.52 Å². The Hall–Kier alpha value is -3.50.